The zero-order valence-electron chi connectivity index (χ0n) is 38.3. The van der Waals surface area contributed by atoms with Crippen molar-refractivity contribution in [2.45, 2.75) is 5.41 Å². The summed E-state index contributed by atoms with van der Waals surface area (Å²) in [4.78, 5) is 4.87. The van der Waals surface area contributed by atoms with E-state index in [9.17, 15) is 0 Å². The first-order valence-corrected chi connectivity index (χ1v) is 24.2. The summed E-state index contributed by atoms with van der Waals surface area (Å²) in [5.74, 6) is 0. The molecular formula is C67H45N3. The Morgan fingerprint density at radius 3 is 1.47 bits per heavy atom. The summed E-state index contributed by atoms with van der Waals surface area (Å²) < 4.78 is 2.42. The van der Waals surface area contributed by atoms with Gasteiger partial charge in [0, 0.05) is 50.5 Å². The van der Waals surface area contributed by atoms with Gasteiger partial charge in [-0.2, -0.15) is 0 Å². The molecule has 2 aliphatic carbocycles. The maximum Gasteiger partial charge on any atom is 0.0726 e. The fourth-order valence-corrected chi connectivity index (χ4v) is 11.9. The van der Waals surface area contributed by atoms with E-state index < -0.39 is 5.41 Å². The molecule has 1 unspecified atom stereocenters. The molecule has 1 heterocycles. The number of nitrogens with zero attached hydrogens (tertiary/aromatic N) is 3. The van der Waals surface area contributed by atoms with Crippen LogP contribution in [0.3, 0.4) is 0 Å². The van der Waals surface area contributed by atoms with Gasteiger partial charge in [0.2, 0.25) is 0 Å². The van der Waals surface area contributed by atoms with Crippen LogP contribution in [-0.2, 0) is 5.41 Å². The number of hydrogen-bond donors (Lipinski definition) is 0. The van der Waals surface area contributed by atoms with Crippen LogP contribution in [0.5, 0.6) is 0 Å². The van der Waals surface area contributed by atoms with Crippen LogP contribution in [0, 0.1) is 0 Å². The zero-order valence-corrected chi connectivity index (χ0v) is 38.3. The van der Waals surface area contributed by atoms with E-state index in [4.69, 9.17) is 0 Å². The lowest BCUT2D eigenvalue weighted by Gasteiger charge is -2.33. The third-order valence-corrected chi connectivity index (χ3v) is 14.8. The van der Waals surface area contributed by atoms with Gasteiger partial charge in [0.1, 0.15) is 0 Å². The Morgan fingerprint density at radius 1 is 0.271 bits per heavy atom. The van der Waals surface area contributed by atoms with Gasteiger partial charge < -0.3 is 14.4 Å². The Morgan fingerprint density at radius 2 is 0.757 bits per heavy atom. The van der Waals surface area contributed by atoms with Crippen LogP contribution in [0.25, 0.3) is 60.9 Å². The van der Waals surface area contributed by atoms with Gasteiger partial charge in [0.15, 0.2) is 0 Å². The van der Waals surface area contributed by atoms with Gasteiger partial charge in [-0.15, -0.1) is 0 Å². The van der Waals surface area contributed by atoms with E-state index in [1.54, 1.807) is 0 Å². The third-order valence-electron chi connectivity index (χ3n) is 14.8. The van der Waals surface area contributed by atoms with Gasteiger partial charge in [0.25, 0.3) is 0 Å². The van der Waals surface area contributed by atoms with Crippen molar-refractivity contribution in [1.82, 2.24) is 4.57 Å². The molecule has 0 fully saturated rings. The molecule has 1 spiro atoms. The van der Waals surface area contributed by atoms with Crippen LogP contribution in [-0.4, -0.2) is 4.57 Å². The quantitative estimate of drug-likeness (QED) is 0.151. The SMILES string of the molecule is c1ccc(-c2ccccc2N(c2ccc3c(c2)C2(c4ccccc4-c4cc(N(c5ccccc5)c5ccccc5)ccc42)c2ccccc2-3)c2ccc3c4ccccc4n(-c4ccccc4)c3c2)cc1. The largest absolute Gasteiger partial charge is 0.310 e. The van der Waals surface area contributed by atoms with Gasteiger partial charge in [-0.05, 0) is 135 Å². The second kappa shape index (κ2) is 16.0. The van der Waals surface area contributed by atoms with Gasteiger partial charge in [-0.25, -0.2) is 0 Å². The van der Waals surface area contributed by atoms with Crippen molar-refractivity contribution < 1.29 is 0 Å². The monoisotopic (exact) mass is 891 g/mol. The molecule has 1 atom stereocenters. The number of aromatic nitrogens is 1. The van der Waals surface area contributed by atoms with Crippen molar-refractivity contribution in [2.75, 3.05) is 9.80 Å². The third kappa shape index (κ3) is 5.95. The Balaban J connectivity index is 1.02. The number of rotatable bonds is 8. The average Bonchev–Trinajstić information content (AvgIpc) is 4.04. The summed E-state index contributed by atoms with van der Waals surface area (Å²) in [6.07, 6.45) is 0. The number of anilines is 6. The maximum atomic E-state index is 2.51. The summed E-state index contributed by atoms with van der Waals surface area (Å²) in [5, 5.41) is 2.46. The van der Waals surface area contributed by atoms with Crippen LogP contribution in [0.2, 0.25) is 0 Å². The number of benzene rings is 11. The van der Waals surface area contributed by atoms with Crippen molar-refractivity contribution in [1.29, 1.82) is 0 Å². The van der Waals surface area contributed by atoms with Crippen molar-refractivity contribution >= 4 is 55.9 Å². The van der Waals surface area contributed by atoms with Crippen molar-refractivity contribution in [3.8, 4) is 39.1 Å². The molecule has 328 valence electrons. The molecule has 12 aromatic rings. The first-order valence-electron chi connectivity index (χ1n) is 24.2. The van der Waals surface area contributed by atoms with E-state index in [0.29, 0.717) is 0 Å². The summed E-state index contributed by atoms with van der Waals surface area (Å²) in [6.45, 7) is 0. The van der Waals surface area contributed by atoms with Crippen LogP contribution in [0.15, 0.2) is 273 Å². The predicted molar refractivity (Wildman–Crippen MR) is 292 cm³/mol. The molecule has 3 nitrogen and oxygen atoms in total. The van der Waals surface area contributed by atoms with E-state index in [2.05, 4.69) is 287 Å². The normalized spacial score (nSPS) is 14.1. The van der Waals surface area contributed by atoms with E-state index in [0.717, 1.165) is 50.9 Å². The Kier molecular flexibility index (Phi) is 9.11. The molecule has 14 rings (SSSR count). The van der Waals surface area contributed by atoms with Crippen molar-refractivity contribution in [2.24, 2.45) is 0 Å². The summed E-state index contributed by atoms with van der Waals surface area (Å²) in [7, 11) is 0. The summed E-state index contributed by atoms with van der Waals surface area (Å²) in [5.41, 5.74) is 22.2. The predicted octanol–water partition coefficient (Wildman–Crippen LogP) is 17.7. The van der Waals surface area contributed by atoms with Crippen LogP contribution < -0.4 is 9.80 Å². The standard InChI is InChI=1S/C67H45N3/c1-5-21-46(22-6-1)53-29-15-19-35-64(53)69(52-38-41-58-57-32-16-20-36-65(57)70(66(58)45-52)49-27-11-4-12-28-49)51-37-40-56-54-30-13-17-33-60(54)67(63(56)44-51)61-34-18-14-31-55(61)59-43-50(39-42-62(59)67)68(47-23-7-2-8-24-47)48-25-9-3-10-26-48/h1-45H. The second-order valence-electron chi connectivity index (χ2n) is 18.4. The first kappa shape index (κ1) is 39.9. The van der Waals surface area contributed by atoms with E-state index in [-0.39, 0.29) is 0 Å². The Hall–Kier alpha value is -9.18. The lowest BCUT2D eigenvalue weighted by molar-refractivity contribution is 0.793. The summed E-state index contributed by atoms with van der Waals surface area (Å²) in [6, 6.07) is 100. The average molecular weight is 892 g/mol. The number of hydrogen-bond acceptors (Lipinski definition) is 2. The molecule has 0 bridgehead atoms. The van der Waals surface area contributed by atoms with E-state index in [1.807, 2.05) is 0 Å². The molecule has 0 saturated heterocycles. The molecule has 0 radical (unpaired) electrons. The molecule has 11 aromatic carbocycles. The fraction of sp³-hybridized carbons (Fsp3) is 0.0149. The molecule has 0 aliphatic heterocycles. The molecule has 3 heteroatoms. The molecule has 1 aromatic heterocycles. The highest BCUT2D eigenvalue weighted by atomic mass is 15.2. The lowest BCUT2D eigenvalue weighted by atomic mass is 9.70. The second-order valence-corrected chi connectivity index (χ2v) is 18.4. The van der Waals surface area contributed by atoms with Crippen LogP contribution >= 0.6 is 0 Å². The molecule has 0 N–H and O–H groups in total. The highest BCUT2D eigenvalue weighted by Crippen LogP contribution is 2.64. The molecule has 0 amide bonds. The summed E-state index contributed by atoms with van der Waals surface area (Å²) >= 11 is 0. The van der Waals surface area contributed by atoms with Crippen molar-refractivity contribution in [3.05, 3.63) is 295 Å². The molecule has 2 aliphatic rings. The minimum Gasteiger partial charge on any atom is -0.310 e. The number of fused-ring (bicyclic) bond motifs is 13. The van der Waals surface area contributed by atoms with Crippen LogP contribution in [0.1, 0.15) is 22.3 Å². The fourth-order valence-electron chi connectivity index (χ4n) is 11.9. The highest BCUT2D eigenvalue weighted by Gasteiger charge is 2.52. The lowest BCUT2D eigenvalue weighted by Crippen LogP contribution is -2.26. The van der Waals surface area contributed by atoms with E-state index in [1.165, 1.54) is 66.4 Å². The maximum absolute atomic E-state index is 2.51. The molecule has 70 heavy (non-hydrogen) atoms. The van der Waals surface area contributed by atoms with Gasteiger partial charge in [-0.1, -0.05) is 188 Å². The van der Waals surface area contributed by atoms with Crippen LogP contribution in [0.4, 0.5) is 34.1 Å². The van der Waals surface area contributed by atoms with Gasteiger partial charge >= 0.3 is 0 Å². The first-order chi connectivity index (χ1) is 34.8. The van der Waals surface area contributed by atoms with E-state index >= 15 is 0 Å². The van der Waals surface area contributed by atoms with Gasteiger partial charge in [0.05, 0.1) is 22.1 Å². The zero-order chi connectivity index (χ0) is 46.2. The topological polar surface area (TPSA) is 11.4 Å². The highest BCUT2D eigenvalue weighted by molar-refractivity contribution is 6.11. The van der Waals surface area contributed by atoms with Gasteiger partial charge in [-0.3, -0.25) is 0 Å². The minimum atomic E-state index is -0.564. The Bertz CT molecular complexity index is 3910. The minimum absolute atomic E-state index is 0.564. The Labute approximate surface area is 408 Å². The number of para-hydroxylation sites is 5. The smallest absolute Gasteiger partial charge is 0.0726 e. The molecular weight excluding hydrogens is 847 g/mol. The van der Waals surface area contributed by atoms with Crippen molar-refractivity contribution in [3.63, 3.8) is 0 Å². The molecule has 0 saturated carbocycles.